The van der Waals surface area contributed by atoms with Crippen molar-refractivity contribution in [3.63, 3.8) is 0 Å². The van der Waals surface area contributed by atoms with E-state index in [1.165, 1.54) is 0 Å². The molecule has 1 saturated heterocycles. The minimum atomic E-state index is -0.908. The zero-order chi connectivity index (χ0) is 21.6. The van der Waals surface area contributed by atoms with Crippen molar-refractivity contribution in [2.24, 2.45) is 0 Å². The fourth-order valence-corrected chi connectivity index (χ4v) is 4.85. The van der Waals surface area contributed by atoms with Crippen molar-refractivity contribution in [3.05, 3.63) is 17.7 Å². The molecule has 0 amide bonds. The average Bonchev–Trinajstić information content (AvgIpc) is 2.79. The van der Waals surface area contributed by atoms with Crippen molar-refractivity contribution in [2.75, 3.05) is 58.6 Å². The van der Waals surface area contributed by atoms with E-state index in [1.807, 2.05) is 12.1 Å². The normalized spacial score (nSPS) is 29.1. The molecule has 174 valence electrons. The maximum absolute atomic E-state index is 13.7. The largest absolute Gasteiger partial charge is 0.493 e. The lowest BCUT2D eigenvalue weighted by Crippen LogP contribution is -2.48. The van der Waals surface area contributed by atoms with Crippen molar-refractivity contribution in [1.82, 2.24) is 15.5 Å². The Morgan fingerprint density at radius 2 is 2.10 bits per heavy atom. The van der Waals surface area contributed by atoms with Gasteiger partial charge in [-0.3, -0.25) is 15.5 Å². The molecule has 0 aromatic heterocycles. The summed E-state index contributed by atoms with van der Waals surface area (Å²) in [6.45, 7) is 5.86. The van der Waals surface area contributed by atoms with Gasteiger partial charge in [-0.25, -0.2) is 4.39 Å². The quantitative estimate of drug-likeness (QED) is 0.410. The van der Waals surface area contributed by atoms with E-state index in [4.69, 9.17) is 25.8 Å². The lowest BCUT2D eigenvalue weighted by atomic mass is 9.92. The van der Waals surface area contributed by atoms with Crippen LogP contribution in [0.15, 0.2) is 12.1 Å². The first-order valence-electron chi connectivity index (χ1n) is 11.3. The second-order valence-corrected chi connectivity index (χ2v) is 9.01. The predicted octanol–water partition coefficient (Wildman–Crippen LogP) is 2.86. The number of nitrogens with one attached hydrogen (secondary N) is 3. The number of morpholine rings is 1. The van der Waals surface area contributed by atoms with E-state index in [0.29, 0.717) is 26.1 Å². The fourth-order valence-electron chi connectivity index (χ4n) is 4.51. The molecule has 0 spiro atoms. The summed E-state index contributed by atoms with van der Waals surface area (Å²) in [5.74, 6) is 1.46. The van der Waals surface area contributed by atoms with Crippen molar-refractivity contribution in [1.29, 1.82) is 0 Å². The Bertz CT molecular complexity index is 722. The van der Waals surface area contributed by atoms with Gasteiger partial charge in [0.25, 0.3) is 0 Å². The van der Waals surface area contributed by atoms with Gasteiger partial charge >= 0.3 is 0 Å². The van der Waals surface area contributed by atoms with E-state index in [0.717, 1.165) is 68.4 Å². The van der Waals surface area contributed by atoms with E-state index >= 15 is 0 Å². The van der Waals surface area contributed by atoms with Crippen molar-refractivity contribution in [3.8, 4) is 11.5 Å². The van der Waals surface area contributed by atoms with Gasteiger partial charge in [-0.2, -0.15) is 0 Å². The summed E-state index contributed by atoms with van der Waals surface area (Å²) in [6.07, 6.45) is 1.90. The highest BCUT2D eigenvalue weighted by molar-refractivity contribution is 6.21. The molecule has 3 N–H and O–H groups in total. The molecule has 7 nitrogen and oxygen atoms in total. The van der Waals surface area contributed by atoms with Gasteiger partial charge in [0.05, 0.1) is 45.1 Å². The van der Waals surface area contributed by atoms with Crippen LogP contribution < -0.4 is 25.4 Å². The summed E-state index contributed by atoms with van der Waals surface area (Å²) in [5, 5.41) is 10.0. The van der Waals surface area contributed by atoms with Crippen LogP contribution in [-0.4, -0.2) is 75.7 Å². The molecule has 31 heavy (non-hydrogen) atoms. The molecule has 9 heteroatoms. The van der Waals surface area contributed by atoms with Gasteiger partial charge in [-0.05, 0) is 31.7 Å². The van der Waals surface area contributed by atoms with Crippen molar-refractivity contribution >= 4 is 17.3 Å². The van der Waals surface area contributed by atoms with Gasteiger partial charge in [0, 0.05) is 43.0 Å². The first-order chi connectivity index (χ1) is 15.1. The third-order valence-electron chi connectivity index (χ3n) is 6.31. The van der Waals surface area contributed by atoms with Crippen LogP contribution in [0.2, 0.25) is 0 Å². The number of benzene rings is 1. The number of nitrogens with zero attached hydrogens (tertiary/aromatic N) is 1. The standard InChI is InChI=1S/C22H34ClFN4O3/c1-29-20-13-19-16(12-21(20)31-8-2-5-28-6-9-30-10-7-28)22(26-14-25-19)27-15-3-4-18(24)17(23)11-15/h12-13,15,17-18,22,25-27H,2-11,14H2,1H3. The molecule has 2 aliphatic heterocycles. The molecule has 0 bridgehead atoms. The van der Waals surface area contributed by atoms with E-state index < -0.39 is 11.5 Å². The molecule has 4 rings (SSSR count). The minimum absolute atomic E-state index is 0.0529. The Morgan fingerprint density at radius 3 is 2.87 bits per heavy atom. The molecule has 1 aromatic rings. The number of hydrogen-bond acceptors (Lipinski definition) is 7. The zero-order valence-electron chi connectivity index (χ0n) is 18.2. The lowest BCUT2D eigenvalue weighted by Gasteiger charge is -2.36. The number of halogens is 2. The molecule has 4 atom stereocenters. The van der Waals surface area contributed by atoms with E-state index in [1.54, 1.807) is 7.11 Å². The van der Waals surface area contributed by atoms with Crippen LogP contribution >= 0.6 is 11.6 Å². The van der Waals surface area contributed by atoms with Gasteiger partial charge in [-0.1, -0.05) is 0 Å². The van der Waals surface area contributed by atoms with Crippen LogP contribution in [0, 0.1) is 0 Å². The summed E-state index contributed by atoms with van der Waals surface area (Å²) in [6, 6.07) is 4.21. The van der Waals surface area contributed by atoms with Gasteiger partial charge in [0.1, 0.15) is 6.17 Å². The Kier molecular flexibility index (Phi) is 8.12. The van der Waals surface area contributed by atoms with Crippen molar-refractivity contribution < 1.29 is 18.6 Å². The molecule has 0 radical (unpaired) electrons. The van der Waals surface area contributed by atoms with Crippen LogP contribution in [0.4, 0.5) is 10.1 Å². The number of fused-ring (bicyclic) bond motifs is 1. The van der Waals surface area contributed by atoms with Crippen LogP contribution in [0.5, 0.6) is 11.5 Å². The van der Waals surface area contributed by atoms with Crippen LogP contribution in [0.3, 0.4) is 0 Å². The number of methoxy groups -OCH3 is 1. The highest BCUT2D eigenvalue weighted by atomic mass is 35.5. The molecule has 2 heterocycles. The summed E-state index contributed by atoms with van der Waals surface area (Å²) in [5.41, 5.74) is 2.08. The zero-order valence-corrected chi connectivity index (χ0v) is 18.9. The van der Waals surface area contributed by atoms with E-state index in [-0.39, 0.29) is 12.2 Å². The fraction of sp³-hybridized carbons (Fsp3) is 0.727. The highest BCUT2D eigenvalue weighted by Crippen LogP contribution is 2.38. The summed E-state index contributed by atoms with van der Waals surface area (Å²) in [7, 11) is 1.66. The maximum atomic E-state index is 13.7. The van der Waals surface area contributed by atoms with Crippen LogP contribution in [0.1, 0.15) is 37.4 Å². The minimum Gasteiger partial charge on any atom is -0.493 e. The smallest absolute Gasteiger partial charge is 0.162 e. The van der Waals surface area contributed by atoms with E-state index in [9.17, 15) is 4.39 Å². The van der Waals surface area contributed by atoms with Gasteiger partial charge in [0.2, 0.25) is 0 Å². The predicted molar refractivity (Wildman–Crippen MR) is 120 cm³/mol. The molecule has 4 unspecified atom stereocenters. The Hall–Kier alpha value is -1.32. The molecule has 1 saturated carbocycles. The number of rotatable bonds is 8. The number of anilines is 1. The number of hydrogen-bond donors (Lipinski definition) is 3. The number of alkyl halides is 2. The molecule has 3 aliphatic rings. The third-order valence-corrected chi connectivity index (χ3v) is 6.76. The monoisotopic (exact) mass is 456 g/mol. The topological polar surface area (TPSA) is 67.0 Å². The molecular weight excluding hydrogens is 423 g/mol. The maximum Gasteiger partial charge on any atom is 0.162 e. The van der Waals surface area contributed by atoms with Gasteiger partial charge in [-0.15, -0.1) is 11.6 Å². The average molecular weight is 457 g/mol. The van der Waals surface area contributed by atoms with Crippen molar-refractivity contribution in [2.45, 2.75) is 49.4 Å². The lowest BCUT2D eigenvalue weighted by molar-refractivity contribution is 0.0357. The van der Waals surface area contributed by atoms with Crippen LogP contribution in [0.25, 0.3) is 0 Å². The van der Waals surface area contributed by atoms with E-state index in [2.05, 4.69) is 20.9 Å². The Balaban J connectivity index is 1.38. The second-order valence-electron chi connectivity index (χ2n) is 8.45. The summed E-state index contributed by atoms with van der Waals surface area (Å²) >= 11 is 6.18. The molecule has 1 aliphatic carbocycles. The number of ether oxygens (including phenoxy) is 3. The Labute approximate surface area is 188 Å². The van der Waals surface area contributed by atoms with Gasteiger partial charge < -0.3 is 19.5 Å². The second kappa shape index (κ2) is 11.0. The summed E-state index contributed by atoms with van der Waals surface area (Å²) < 4.78 is 30.8. The Morgan fingerprint density at radius 1 is 1.26 bits per heavy atom. The third kappa shape index (κ3) is 5.93. The molecular formula is C22H34ClFN4O3. The first kappa shape index (κ1) is 22.9. The first-order valence-corrected chi connectivity index (χ1v) is 11.7. The summed E-state index contributed by atoms with van der Waals surface area (Å²) in [4.78, 5) is 2.40. The SMILES string of the molecule is COc1cc2c(cc1OCCCN1CCOCC1)C(NC1CCC(F)C(Cl)C1)NCN2. The molecule has 1 aromatic carbocycles. The highest BCUT2D eigenvalue weighted by Gasteiger charge is 2.32. The van der Waals surface area contributed by atoms with Crippen LogP contribution in [-0.2, 0) is 4.74 Å². The molecule has 2 fully saturated rings. The van der Waals surface area contributed by atoms with Gasteiger partial charge in [0.15, 0.2) is 11.5 Å².